The van der Waals surface area contributed by atoms with Crippen molar-refractivity contribution < 1.29 is 13.2 Å². The van der Waals surface area contributed by atoms with E-state index in [1.807, 2.05) is 0 Å². The molecule has 0 aromatic carbocycles. The van der Waals surface area contributed by atoms with Crippen LogP contribution in [0.1, 0.15) is 6.92 Å². The van der Waals surface area contributed by atoms with E-state index in [1.165, 1.54) is 14.0 Å². The van der Waals surface area contributed by atoms with Gasteiger partial charge in [-0.15, -0.1) is 0 Å². The molecule has 10 heavy (non-hydrogen) atoms. The first kappa shape index (κ1) is 9.20. The molecule has 0 heterocycles. The van der Waals surface area contributed by atoms with Crippen LogP contribution in [0.25, 0.3) is 0 Å². The predicted molar refractivity (Wildman–Crippen MR) is 34.2 cm³/mol. The van der Waals surface area contributed by atoms with E-state index in [0.29, 0.717) is 0 Å². The highest BCUT2D eigenvalue weighted by Gasteiger charge is 2.31. The zero-order valence-electron chi connectivity index (χ0n) is 5.74. The number of halogens is 3. The van der Waals surface area contributed by atoms with Crippen LogP contribution in [-0.4, -0.2) is 19.4 Å². The van der Waals surface area contributed by atoms with Gasteiger partial charge < -0.3 is 0 Å². The highest BCUT2D eigenvalue weighted by Crippen LogP contribution is 2.23. The average molecular weight is 151 g/mol. The Bertz CT molecular complexity index is 155. The van der Waals surface area contributed by atoms with Crippen molar-refractivity contribution >= 4 is 6.21 Å². The van der Waals surface area contributed by atoms with E-state index in [2.05, 4.69) is 4.99 Å². The minimum Gasteiger partial charge on any atom is -0.296 e. The summed E-state index contributed by atoms with van der Waals surface area (Å²) >= 11 is 0. The van der Waals surface area contributed by atoms with Gasteiger partial charge in [0.15, 0.2) is 0 Å². The second-order valence-corrected chi connectivity index (χ2v) is 1.63. The largest absolute Gasteiger partial charge is 0.417 e. The summed E-state index contributed by atoms with van der Waals surface area (Å²) < 4.78 is 35.2. The van der Waals surface area contributed by atoms with Gasteiger partial charge in [0, 0.05) is 13.3 Å². The second-order valence-electron chi connectivity index (χ2n) is 1.63. The van der Waals surface area contributed by atoms with E-state index in [1.54, 1.807) is 0 Å². The summed E-state index contributed by atoms with van der Waals surface area (Å²) in [5.74, 6) is 0. The summed E-state index contributed by atoms with van der Waals surface area (Å²) in [6.07, 6.45) is -2.50. The maximum Gasteiger partial charge on any atom is 0.417 e. The van der Waals surface area contributed by atoms with Gasteiger partial charge >= 0.3 is 6.18 Å². The first-order chi connectivity index (χ1) is 4.52. The van der Waals surface area contributed by atoms with Gasteiger partial charge in [-0.05, 0) is 6.92 Å². The van der Waals surface area contributed by atoms with Crippen LogP contribution in [0, 0.1) is 0 Å². The van der Waals surface area contributed by atoms with E-state index in [4.69, 9.17) is 0 Å². The summed E-state index contributed by atoms with van der Waals surface area (Å²) in [6.45, 7) is 1.32. The normalized spacial score (nSPS) is 14.7. The van der Waals surface area contributed by atoms with Gasteiger partial charge in [-0.2, -0.15) is 13.2 Å². The lowest BCUT2D eigenvalue weighted by molar-refractivity contribution is -0.0857. The molecular formula is C6H8F3N. The molecule has 0 rings (SSSR count). The molecule has 0 aliphatic rings. The SMILES string of the molecule is CC=C(C=NC)C(F)(F)F. The van der Waals surface area contributed by atoms with Gasteiger partial charge in [0.2, 0.25) is 0 Å². The Morgan fingerprint density at radius 2 is 1.90 bits per heavy atom. The topological polar surface area (TPSA) is 12.4 Å². The quantitative estimate of drug-likeness (QED) is 0.509. The summed E-state index contributed by atoms with van der Waals surface area (Å²) in [5, 5.41) is 0. The van der Waals surface area contributed by atoms with Crippen LogP contribution in [0.2, 0.25) is 0 Å². The fourth-order valence-electron chi connectivity index (χ4n) is 0.450. The molecule has 0 saturated heterocycles. The van der Waals surface area contributed by atoms with E-state index >= 15 is 0 Å². The molecule has 1 nitrogen and oxygen atoms in total. The van der Waals surface area contributed by atoms with Crippen molar-refractivity contribution in [2.24, 2.45) is 4.99 Å². The van der Waals surface area contributed by atoms with E-state index < -0.39 is 11.7 Å². The Hall–Kier alpha value is -0.800. The zero-order valence-corrected chi connectivity index (χ0v) is 5.74. The number of aliphatic imine (C=N–C) groups is 1. The van der Waals surface area contributed by atoms with Gasteiger partial charge in [0.05, 0.1) is 5.57 Å². The molecule has 0 spiro atoms. The first-order valence-corrected chi connectivity index (χ1v) is 2.68. The maximum atomic E-state index is 11.7. The van der Waals surface area contributed by atoms with Gasteiger partial charge in [0.1, 0.15) is 0 Å². The number of alkyl halides is 3. The molecule has 0 aromatic heterocycles. The molecule has 0 aromatic rings. The van der Waals surface area contributed by atoms with Crippen molar-refractivity contribution in [3.63, 3.8) is 0 Å². The third kappa shape index (κ3) is 2.66. The maximum absolute atomic E-state index is 11.7. The lowest BCUT2D eigenvalue weighted by Gasteiger charge is -2.04. The summed E-state index contributed by atoms with van der Waals surface area (Å²) in [6, 6.07) is 0. The van der Waals surface area contributed by atoms with Crippen molar-refractivity contribution in [2.45, 2.75) is 13.1 Å². The lowest BCUT2D eigenvalue weighted by Crippen LogP contribution is -2.12. The van der Waals surface area contributed by atoms with Gasteiger partial charge in [0.25, 0.3) is 0 Å². The van der Waals surface area contributed by atoms with Crippen LogP contribution in [0.5, 0.6) is 0 Å². The minimum absolute atomic E-state index is 0.713. The molecule has 0 radical (unpaired) electrons. The van der Waals surface area contributed by atoms with Crippen molar-refractivity contribution in [2.75, 3.05) is 7.05 Å². The first-order valence-electron chi connectivity index (χ1n) is 2.68. The highest BCUT2D eigenvalue weighted by molar-refractivity contribution is 5.79. The Kier molecular flexibility index (Phi) is 3.12. The molecule has 0 N–H and O–H groups in total. The molecule has 0 aliphatic heterocycles. The summed E-state index contributed by atoms with van der Waals surface area (Å²) in [7, 11) is 1.30. The minimum atomic E-state index is -4.27. The number of rotatable bonds is 1. The highest BCUT2D eigenvalue weighted by atomic mass is 19.4. The fraction of sp³-hybridized carbons (Fsp3) is 0.500. The molecule has 0 bridgehead atoms. The number of hydrogen-bond donors (Lipinski definition) is 0. The molecule has 0 fully saturated rings. The predicted octanol–water partition coefficient (Wildman–Crippen LogP) is 2.20. The van der Waals surface area contributed by atoms with E-state index in [0.717, 1.165) is 12.3 Å². The standard InChI is InChI=1S/C6H8F3N/c1-3-5(4-10-2)6(7,8)9/h3-4H,1-2H3. The summed E-state index contributed by atoms with van der Waals surface area (Å²) in [4.78, 5) is 3.26. The van der Waals surface area contributed by atoms with Crippen LogP contribution >= 0.6 is 0 Å². The zero-order chi connectivity index (χ0) is 8.20. The van der Waals surface area contributed by atoms with Crippen LogP contribution in [-0.2, 0) is 0 Å². The number of nitrogens with zero attached hydrogens (tertiary/aromatic N) is 1. The molecule has 58 valence electrons. The van der Waals surface area contributed by atoms with Crippen molar-refractivity contribution in [3.05, 3.63) is 11.6 Å². The van der Waals surface area contributed by atoms with Gasteiger partial charge in [-0.3, -0.25) is 4.99 Å². The Labute approximate surface area is 57.3 Å². The second kappa shape index (κ2) is 3.39. The number of hydrogen-bond acceptors (Lipinski definition) is 1. The molecule has 4 heteroatoms. The van der Waals surface area contributed by atoms with E-state index in [9.17, 15) is 13.2 Å². The van der Waals surface area contributed by atoms with E-state index in [-0.39, 0.29) is 0 Å². The Morgan fingerprint density at radius 3 is 2.00 bits per heavy atom. The third-order valence-electron chi connectivity index (χ3n) is 0.907. The van der Waals surface area contributed by atoms with Crippen LogP contribution in [0.4, 0.5) is 13.2 Å². The lowest BCUT2D eigenvalue weighted by atomic mass is 10.3. The fourth-order valence-corrected chi connectivity index (χ4v) is 0.450. The third-order valence-corrected chi connectivity index (χ3v) is 0.907. The Morgan fingerprint density at radius 1 is 1.40 bits per heavy atom. The Balaban J connectivity index is 4.39. The van der Waals surface area contributed by atoms with Gasteiger partial charge in [-0.1, -0.05) is 6.08 Å². The van der Waals surface area contributed by atoms with Crippen molar-refractivity contribution in [1.29, 1.82) is 0 Å². The van der Waals surface area contributed by atoms with Crippen molar-refractivity contribution in [3.8, 4) is 0 Å². The van der Waals surface area contributed by atoms with Crippen LogP contribution < -0.4 is 0 Å². The summed E-state index contributed by atoms with van der Waals surface area (Å²) in [5.41, 5.74) is -0.713. The molecule has 0 saturated carbocycles. The molecule has 0 amide bonds. The molecular weight excluding hydrogens is 143 g/mol. The van der Waals surface area contributed by atoms with Gasteiger partial charge in [-0.25, -0.2) is 0 Å². The van der Waals surface area contributed by atoms with Crippen LogP contribution in [0.3, 0.4) is 0 Å². The molecule has 0 aliphatic carbocycles. The number of allylic oxidation sites excluding steroid dienone is 2. The smallest absolute Gasteiger partial charge is 0.296 e. The van der Waals surface area contributed by atoms with Crippen molar-refractivity contribution in [1.82, 2.24) is 0 Å². The molecule has 0 unspecified atom stereocenters. The molecule has 0 atom stereocenters. The van der Waals surface area contributed by atoms with Crippen LogP contribution in [0.15, 0.2) is 16.6 Å². The monoisotopic (exact) mass is 151 g/mol. The average Bonchev–Trinajstić information content (AvgIpc) is 1.80.